The Bertz CT molecular complexity index is 677. The molecule has 7 nitrogen and oxygen atoms in total. The Balaban J connectivity index is 0.00000256. The number of nitrogens with one attached hydrogen (secondary N) is 1. The van der Waals surface area contributed by atoms with E-state index in [2.05, 4.69) is 33.1 Å². The molecule has 1 saturated carbocycles. The number of hydrogen-bond donors (Lipinski definition) is 1. The van der Waals surface area contributed by atoms with Crippen LogP contribution in [0.4, 0.5) is 0 Å². The minimum Gasteiger partial charge on any atom is -0.474 e. The van der Waals surface area contributed by atoms with E-state index in [-0.39, 0.29) is 24.0 Å². The van der Waals surface area contributed by atoms with Gasteiger partial charge in [-0.2, -0.15) is 0 Å². The van der Waals surface area contributed by atoms with Crippen molar-refractivity contribution in [1.29, 1.82) is 0 Å². The van der Waals surface area contributed by atoms with Crippen molar-refractivity contribution >= 4 is 29.9 Å². The molecule has 1 atom stereocenters. The monoisotopic (exact) mass is 529 g/mol. The third-order valence-electron chi connectivity index (χ3n) is 6.19. The number of nitrogens with zero attached hydrogens (tertiary/aromatic N) is 4. The lowest BCUT2D eigenvalue weighted by atomic mass is 10.2. The predicted molar refractivity (Wildman–Crippen MR) is 130 cm³/mol. The van der Waals surface area contributed by atoms with Crippen molar-refractivity contribution in [3.05, 3.63) is 23.9 Å². The number of halogens is 1. The van der Waals surface area contributed by atoms with Crippen molar-refractivity contribution in [3.8, 4) is 5.88 Å². The van der Waals surface area contributed by atoms with Crippen LogP contribution in [0.3, 0.4) is 0 Å². The van der Waals surface area contributed by atoms with E-state index in [0.29, 0.717) is 18.7 Å². The molecular formula is C22H36IN5O2. The van der Waals surface area contributed by atoms with Gasteiger partial charge in [-0.25, -0.2) is 9.98 Å². The molecule has 0 bridgehead atoms. The van der Waals surface area contributed by atoms with Crippen LogP contribution in [0.2, 0.25) is 0 Å². The number of morpholine rings is 1. The van der Waals surface area contributed by atoms with Gasteiger partial charge in [0.2, 0.25) is 5.88 Å². The van der Waals surface area contributed by atoms with E-state index >= 15 is 0 Å². The van der Waals surface area contributed by atoms with Crippen molar-refractivity contribution in [3.63, 3.8) is 0 Å². The second-order valence-corrected chi connectivity index (χ2v) is 8.20. The fourth-order valence-corrected chi connectivity index (χ4v) is 4.58. The van der Waals surface area contributed by atoms with Gasteiger partial charge in [0, 0.05) is 50.5 Å². The summed E-state index contributed by atoms with van der Waals surface area (Å²) < 4.78 is 11.7. The topological polar surface area (TPSA) is 62.2 Å². The molecule has 1 N–H and O–H groups in total. The number of ether oxygens (including phenoxy) is 2. The maximum absolute atomic E-state index is 6.19. The lowest BCUT2D eigenvalue weighted by molar-refractivity contribution is 0.0195. The van der Waals surface area contributed by atoms with E-state index in [9.17, 15) is 0 Å². The van der Waals surface area contributed by atoms with Crippen LogP contribution in [0.25, 0.3) is 0 Å². The van der Waals surface area contributed by atoms with Gasteiger partial charge in [0.25, 0.3) is 0 Å². The molecule has 2 aliphatic heterocycles. The van der Waals surface area contributed by atoms with Gasteiger partial charge >= 0.3 is 0 Å². The minimum absolute atomic E-state index is 0. The van der Waals surface area contributed by atoms with Crippen LogP contribution in [0, 0.1) is 0 Å². The van der Waals surface area contributed by atoms with Gasteiger partial charge in [-0.15, -0.1) is 24.0 Å². The third-order valence-corrected chi connectivity index (χ3v) is 6.19. The average molecular weight is 529 g/mol. The van der Waals surface area contributed by atoms with E-state index < -0.39 is 0 Å². The first kappa shape index (κ1) is 23.5. The molecule has 1 unspecified atom stereocenters. The zero-order chi connectivity index (χ0) is 19.9. The Morgan fingerprint density at radius 3 is 2.80 bits per heavy atom. The molecule has 1 aromatic heterocycles. The third kappa shape index (κ3) is 6.20. The van der Waals surface area contributed by atoms with Gasteiger partial charge in [-0.3, -0.25) is 4.90 Å². The molecule has 0 spiro atoms. The summed E-state index contributed by atoms with van der Waals surface area (Å²) in [7, 11) is 0. The molecule has 1 aliphatic carbocycles. The molecule has 0 amide bonds. The summed E-state index contributed by atoms with van der Waals surface area (Å²) in [5.74, 6) is 1.76. The molecule has 0 radical (unpaired) electrons. The highest BCUT2D eigenvalue weighted by molar-refractivity contribution is 14.0. The summed E-state index contributed by atoms with van der Waals surface area (Å²) in [6.07, 6.45) is 8.11. The van der Waals surface area contributed by atoms with Crippen molar-refractivity contribution in [2.45, 2.75) is 57.7 Å². The van der Waals surface area contributed by atoms with Gasteiger partial charge < -0.3 is 19.7 Å². The van der Waals surface area contributed by atoms with Crippen LogP contribution in [0.5, 0.6) is 5.88 Å². The Labute approximate surface area is 197 Å². The van der Waals surface area contributed by atoms with E-state index in [1.165, 1.54) is 19.3 Å². The summed E-state index contributed by atoms with van der Waals surface area (Å²) in [5, 5.41) is 3.48. The second-order valence-electron chi connectivity index (χ2n) is 8.20. The maximum Gasteiger partial charge on any atom is 0.218 e. The van der Waals surface area contributed by atoms with Gasteiger partial charge in [0.15, 0.2) is 5.96 Å². The second kappa shape index (κ2) is 12.0. The number of aliphatic imine (C=N–C) groups is 1. The Kier molecular flexibility index (Phi) is 9.45. The molecule has 1 aromatic rings. The first-order valence-electron chi connectivity index (χ1n) is 11.3. The Hall–Kier alpha value is -1.13. The van der Waals surface area contributed by atoms with E-state index in [1.54, 1.807) is 0 Å². The lowest BCUT2D eigenvalue weighted by Crippen LogP contribution is -2.46. The predicted octanol–water partition coefficient (Wildman–Crippen LogP) is 2.89. The van der Waals surface area contributed by atoms with Crippen molar-refractivity contribution < 1.29 is 9.47 Å². The number of likely N-dealkylation sites (tertiary alicyclic amines) is 1. The molecular weight excluding hydrogens is 493 g/mol. The molecule has 168 valence electrons. The molecule has 3 heterocycles. The lowest BCUT2D eigenvalue weighted by Gasteiger charge is -2.32. The smallest absolute Gasteiger partial charge is 0.218 e. The fourth-order valence-electron chi connectivity index (χ4n) is 4.58. The fraction of sp³-hybridized carbons (Fsp3) is 0.727. The van der Waals surface area contributed by atoms with Gasteiger partial charge in [0.05, 0.1) is 19.8 Å². The maximum atomic E-state index is 6.19. The summed E-state index contributed by atoms with van der Waals surface area (Å²) in [6.45, 7) is 9.48. The first-order chi connectivity index (χ1) is 14.3. The minimum atomic E-state index is 0. The zero-order valence-electron chi connectivity index (χ0n) is 18.1. The van der Waals surface area contributed by atoms with Crippen molar-refractivity contribution in [2.75, 3.05) is 45.9 Å². The van der Waals surface area contributed by atoms with Crippen molar-refractivity contribution in [1.82, 2.24) is 20.1 Å². The Morgan fingerprint density at radius 1 is 1.23 bits per heavy atom. The highest BCUT2D eigenvalue weighted by Gasteiger charge is 2.30. The van der Waals surface area contributed by atoms with E-state index in [0.717, 1.165) is 76.2 Å². The summed E-state index contributed by atoms with van der Waals surface area (Å²) >= 11 is 0. The zero-order valence-corrected chi connectivity index (χ0v) is 20.4. The van der Waals surface area contributed by atoms with Crippen LogP contribution in [0.1, 0.15) is 44.6 Å². The van der Waals surface area contributed by atoms with E-state index in [1.807, 2.05) is 12.3 Å². The van der Waals surface area contributed by atoms with Crippen LogP contribution in [0.15, 0.2) is 23.3 Å². The highest BCUT2D eigenvalue weighted by atomic mass is 127. The number of rotatable bonds is 6. The van der Waals surface area contributed by atoms with Crippen LogP contribution < -0.4 is 10.1 Å². The van der Waals surface area contributed by atoms with Crippen LogP contribution in [-0.4, -0.2) is 78.8 Å². The molecule has 3 aliphatic rings. The summed E-state index contributed by atoms with van der Waals surface area (Å²) in [6, 6.07) is 4.66. The number of guanidine groups is 1. The Morgan fingerprint density at radius 2 is 2.03 bits per heavy atom. The standard InChI is InChI=1S/C22H35N5O2.HI/c1-2-23-22(27-11-9-19(17-27)26-12-14-28-15-13-26)25-16-18-6-5-10-24-21(18)29-20-7-3-4-8-20;/h5-6,10,19-20H,2-4,7-9,11-17H2,1H3,(H,23,25);1H. The number of hydrogen-bond acceptors (Lipinski definition) is 5. The average Bonchev–Trinajstić information content (AvgIpc) is 3.45. The quantitative estimate of drug-likeness (QED) is 0.348. The molecule has 4 rings (SSSR count). The molecule has 30 heavy (non-hydrogen) atoms. The number of pyridine rings is 1. The normalized spacial score (nSPS) is 23.4. The molecule has 3 fully saturated rings. The SMILES string of the molecule is CCNC(=NCc1cccnc1OC1CCCC1)N1CCC(N2CCOCC2)C1.I. The van der Waals surface area contributed by atoms with Crippen LogP contribution in [-0.2, 0) is 11.3 Å². The van der Waals surface area contributed by atoms with Gasteiger partial charge in [0.1, 0.15) is 6.10 Å². The van der Waals surface area contributed by atoms with Gasteiger partial charge in [-0.05, 0) is 45.1 Å². The van der Waals surface area contributed by atoms with E-state index in [4.69, 9.17) is 14.5 Å². The highest BCUT2D eigenvalue weighted by Crippen LogP contribution is 2.25. The first-order valence-corrected chi connectivity index (χ1v) is 11.3. The van der Waals surface area contributed by atoms with Gasteiger partial charge in [-0.1, -0.05) is 6.07 Å². The molecule has 0 aromatic carbocycles. The largest absolute Gasteiger partial charge is 0.474 e. The number of aromatic nitrogens is 1. The summed E-state index contributed by atoms with van der Waals surface area (Å²) in [4.78, 5) is 14.4. The molecule has 2 saturated heterocycles. The van der Waals surface area contributed by atoms with Crippen LogP contribution >= 0.6 is 24.0 Å². The molecule has 8 heteroatoms. The summed E-state index contributed by atoms with van der Waals surface area (Å²) in [5.41, 5.74) is 1.07. The van der Waals surface area contributed by atoms with Crippen molar-refractivity contribution in [2.24, 2.45) is 4.99 Å².